The number of carbonyl (C=O) groups excluding carboxylic acids is 1. The molecule has 0 radical (unpaired) electrons. The molecule has 130 valence electrons. The minimum absolute atomic E-state index is 0.00807. The lowest BCUT2D eigenvalue weighted by molar-refractivity contribution is -0.114. The second-order valence-electron chi connectivity index (χ2n) is 7.31. The van der Waals surface area contributed by atoms with Crippen LogP contribution in [0.1, 0.15) is 36.7 Å². The average molecular weight is 338 g/mol. The maximum absolute atomic E-state index is 11.3. The molecule has 3 rings (SSSR count). The monoisotopic (exact) mass is 338 g/mol. The zero-order valence-electron chi connectivity index (χ0n) is 14.7. The Balaban J connectivity index is 2.05. The highest BCUT2D eigenvalue weighted by atomic mass is 16.4. The topological polar surface area (TPSA) is 69.6 Å². The predicted octanol–water partition coefficient (Wildman–Crippen LogP) is 4.06. The summed E-state index contributed by atoms with van der Waals surface area (Å²) in [5.74, 6) is -1.02. The Morgan fingerprint density at radius 1 is 1.16 bits per heavy atom. The van der Waals surface area contributed by atoms with E-state index in [0.29, 0.717) is 5.56 Å². The molecule has 2 N–H and O–H groups in total. The predicted molar refractivity (Wildman–Crippen MR) is 98.6 cm³/mol. The quantitative estimate of drug-likeness (QED) is 0.885. The molecular weight excluding hydrogens is 316 g/mol. The molecule has 0 atom stereocenters. The summed E-state index contributed by atoms with van der Waals surface area (Å²) in [6.07, 6.45) is 0.825. The van der Waals surface area contributed by atoms with Gasteiger partial charge in [-0.3, -0.25) is 4.79 Å². The van der Waals surface area contributed by atoms with Crippen molar-refractivity contribution in [1.82, 2.24) is 0 Å². The van der Waals surface area contributed by atoms with Gasteiger partial charge >= 0.3 is 5.97 Å². The minimum atomic E-state index is -0.912. The molecule has 0 aliphatic carbocycles. The van der Waals surface area contributed by atoms with E-state index < -0.39 is 5.97 Å². The Kier molecular flexibility index (Phi) is 4.25. The Morgan fingerprint density at radius 2 is 1.92 bits per heavy atom. The van der Waals surface area contributed by atoms with E-state index in [9.17, 15) is 14.7 Å². The summed E-state index contributed by atoms with van der Waals surface area (Å²) in [5.41, 5.74) is 4.09. The molecule has 2 aromatic carbocycles. The normalized spacial score (nSPS) is 15.4. The number of carboxylic acids is 1. The molecule has 2 aromatic rings. The van der Waals surface area contributed by atoms with E-state index in [1.165, 1.54) is 6.92 Å². The number of nitrogens with zero attached hydrogens (tertiary/aromatic N) is 1. The van der Waals surface area contributed by atoms with Crippen molar-refractivity contribution < 1.29 is 14.7 Å². The summed E-state index contributed by atoms with van der Waals surface area (Å²) in [6.45, 7) is 6.65. The Hall–Kier alpha value is -2.82. The van der Waals surface area contributed by atoms with Crippen LogP contribution in [0, 0.1) is 5.41 Å². The van der Waals surface area contributed by atoms with E-state index >= 15 is 0 Å². The molecule has 0 aromatic heterocycles. The van der Waals surface area contributed by atoms with Crippen LogP contribution in [0.25, 0.3) is 0 Å². The van der Waals surface area contributed by atoms with Gasteiger partial charge in [-0.1, -0.05) is 19.9 Å². The van der Waals surface area contributed by atoms with E-state index in [2.05, 4.69) is 24.1 Å². The fraction of sp³-hybridized carbons (Fsp3) is 0.300. The molecule has 0 unspecified atom stereocenters. The largest absolute Gasteiger partial charge is 0.478 e. The lowest BCUT2D eigenvalue weighted by atomic mass is 9.80. The summed E-state index contributed by atoms with van der Waals surface area (Å²) >= 11 is 0. The zero-order chi connectivity index (χ0) is 18.2. The van der Waals surface area contributed by atoms with Crippen LogP contribution >= 0.6 is 0 Å². The van der Waals surface area contributed by atoms with Gasteiger partial charge in [0.25, 0.3) is 0 Å². The standard InChI is InChI=1S/C20H22N2O3/c1-13(23)21-16-5-4-6-17(10-16)22-12-20(2,3)11-15-9-14(19(24)25)7-8-18(15)22/h4-10H,11-12H2,1-3H3,(H,21,23)(H,24,25). The van der Waals surface area contributed by atoms with Crippen molar-refractivity contribution in [1.29, 1.82) is 0 Å². The van der Waals surface area contributed by atoms with E-state index in [0.717, 1.165) is 35.6 Å². The zero-order valence-corrected chi connectivity index (χ0v) is 14.7. The van der Waals surface area contributed by atoms with Crippen molar-refractivity contribution in [3.05, 3.63) is 53.6 Å². The molecule has 0 saturated carbocycles. The van der Waals surface area contributed by atoms with Crippen LogP contribution in [0.2, 0.25) is 0 Å². The number of carboxylic acid groups (broad SMARTS) is 1. The van der Waals surface area contributed by atoms with Crippen molar-refractivity contribution in [2.24, 2.45) is 5.41 Å². The maximum atomic E-state index is 11.3. The van der Waals surface area contributed by atoms with Crippen molar-refractivity contribution in [2.45, 2.75) is 27.2 Å². The number of nitrogens with one attached hydrogen (secondary N) is 1. The number of aromatic carboxylic acids is 1. The Morgan fingerprint density at radius 3 is 2.60 bits per heavy atom. The fourth-order valence-electron chi connectivity index (χ4n) is 3.39. The molecule has 1 aliphatic rings. The van der Waals surface area contributed by atoms with Crippen LogP contribution in [-0.2, 0) is 11.2 Å². The molecule has 5 heteroatoms. The molecule has 0 fully saturated rings. The second kappa shape index (κ2) is 6.24. The van der Waals surface area contributed by atoms with Crippen LogP contribution in [0.5, 0.6) is 0 Å². The number of benzene rings is 2. The van der Waals surface area contributed by atoms with Crippen molar-refractivity contribution in [2.75, 3.05) is 16.8 Å². The van der Waals surface area contributed by atoms with Crippen LogP contribution in [0.4, 0.5) is 17.1 Å². The molecule has 0 spiro atoms. The average Bonchev–Trinajstić information content (AvgIpc) is 2.52. The minimum Gasteiger partial charge on any atom is -0.478 e. The summed E-state index contributed by atoms with van der Waals surface area (Å²) in [4.78, 5) is 24.8. The van der Waals surface area contributed by atoms with Gasteiger partial charge in [-0.25, -0.2) is 4.79 Å². The second-order valence-corrected chi connectivity index (χ2v) is 7.31. The molecule has 1 aliphatic heterocycles. The lowest BCUT2D eigenvalue weighted by Gasteiger charge is -2.41. The first-order chi connectivity index (χ1) is 11.7. The molecule has 0 bridgehead atoms. The summed E-state index contributed by atoms with van der Waals surface area (Å²) in [5, 5.41) is 12.1. The first-order valence-corrected chi connectivity index (χ1v) is 8.27. The van der Waals surface area contributed by atoms with Crippen LogP contribution in [0.3, 0.4) is 0 Å². The van der Waals surface area contributed by atoms with Crippen LogP contribution < -0.4 is 10.2 Å². The molecule has 1 heterocycles. The van der Waals surface area contributed by atoms with Gasteiger partial charge in [-0.15, -0.1) is 0 Å². The summed E-state index contributed by atoms with van der Waals surface area (Å²) in [6, 6.07) is 13.0. The molecular formula is C20H22N2O3. The van der Waals surface area contributed by atoms with E-state index in [4.69, 9.17) is 0 Å². The number of carbonyl (C=O) groups is 2. The summed E-state index contributed by atoms with van der Waals surface area (Å²) < 4.78 is 0. The van der Waals surface area contributed by atoms with Gasteiger partial charge in [0, 0.05) is 30.5 Å². The third-order valence-corrected chi connectivity index (χ3v) is 4.35. The van der Waals surface area contributed by atoms with Gasteiger partial charge in [0.2, 0.25) is 5.91 Å². The number of rotatable bonds is 3. The first-order valence-electron chi connectivity index (χ1n) is 8.27. The van der Waals surface area contributed by atoms with Crippen molar-refractivity contribution in [3.63, 3.8) is 0 Å². The third kappa shape index (κ3) is 3.65. The molecule has 5 nitrogen and oxygen atoms in total. The maximum Gasteiger partial charge on any atom is 0.335 e. The highest BCUT2D eigenvalue weighted by Gasteiger charge is 2.31. The SMILES string of the molecule is CC(=O)Nc1cccc(N2CC(C)(C)Cc3cc(C(=O)O)ccc32)c1. The highest BCUT2D eigenvalue weighted by molar-refractivity contribution is 5.90. The molecule has 0 saturated heterocycles. The molecule has 25 heavy (non-hydrogen) atoms. The van der Waals surface area contributed by atoms with Crippen LogP contribution in [0.15, 0.2) is 42.5 Å². The Bertz CT molecular complexity index is 843. The number of fused-ring (bicyclic) bond motifs is 1. The number of anilines is 3. The van der Waals surface area contributed by atoms with Crippen LogP contribution in [-0.4, -0.2) is 23.5 Å². The van der Waals surface area contributed by atoms with Gasteiger partial charge in [0.05, 0.1) is 5.56 Å². The van der Waals surface area contributed by atoms with Gasteiger partial charge in [-0.2, -0.15) is 0 Å². The smallest absolute Gasteiger partial charge is 0.335 e. The van der Waals surface area contributed by atoms with E-state index in [-0.39, 0.29) is 11.3 Å². The number of hydrogen-bond acceptors (Lipinski definition) is 3. The third-order valence-electron chi connectivity index (χ3n) is 4.35. The fourth-order valence-corrected chi connectivity index (χ4v) is 3.39. The highest BCUT2D eigenvalue weighted by Crippen LogP contribution is 2.41. The van der Waals surface area contributed by atoms with E-state index in [1.54, 1.807) is 12.1 Å². The lowest BCUT2D eigenvalue weighted by Crippen LogP contribution is -2.37. The van der Waals surface area contributed by atoms with Gasteiger partial charge < -0.3 is 15.3 Å². The first kappa shape index (κ1) is 17.0. The van der Waals surface area contributed by atoms with Gasteiger partial charge in [0.15, 0.2) is 0 Å². The van der Waals surface area contributed by atoms with Gasteiger partial charge in [0.1, 0.15) is 0 Å². The van der Waals surface area contributed by atoms with Crippen molar-refractivity contribution >= 4 is 28.9 Å². The Labute approximate surface area is 147 Å². The van der Waals surface area contributed by atoms with E-state index in [1.807, 2.05) is 30.3 Å². The number of hydrogen-bond donors (Lipinski definition) is 2. The molecule has 1 amide bonds. The summed E-state index contributed by atoms with van der Waals surface area (Å²) in [7, 11) is 0. The number of amides is 1. The van der Waals surface area contributed by atoms with Crippen molar-refractivity contribution in [3.8, 4) is 0 Å². The van der Waals surface area contributed by atoms with Gasteiger partial charge in [-0.05, 0) is 53.8 Å².